The molecule has 5 rings (SSSR count). The summed E-state index contributed by atoms with van der Waals surface area (Å²) in [7, 11) is 0. The predicted molar refractivity (Wildman–Crippen MR) is 212 cm³/mol. The van der Waals surface area contributed by atoms with E-state index in [0.717, 1.165) is 0 Å². The quantitative estimate of drug-likeness (QED) is 0.0507. The van der Waals surface area contributed by atoms with Crippen molar-refractivity contribution >= 4 is 17.9 Å². The normalized spacial score (nSPS) is 46.1. The van der Waals surface area contributed by atoms with Crippen LogP contribution in [0.4, 0.5) is 0 Å². The molecule has 0 bridgehead atoms. The van der Waals surface area contributed by atoms with Crippen LogP contribution in [0.3, 0.4) is 0 Å². The average Bonchev–Trinajstić information content (AvgIpc) is 3.34. The summed E-state index contributed by atoms with van der Waals surface area (Å²) in [4.78, 5) is 39.0. The Morgan fingerprint density at radius 2 is 0.861 bits per heavy atom. The number of aliphatic hydroxyl groups is 19. The molecular formula is C38H62O34. The molecule has 0 aromatic carbocycles. The van der Waals surface area contributed by atoms with Crippen LogP contribution in [0.1, 0.15) is 19.3 Å². The molecule has 34 nitrogen and oxygen atoms in total. The van der Waals surface area contributed by atoms with E-state index in [1.807, 2.05) is 0 Å². The summed E-state index contributed by atoms with van der Waals surface area (Å²) in [6.07, 6.45) is -59.6. The third-order valence-electron chi connectivity index (χ3n) is 12.8. The van der Waals surface area contributed by atoms with Crippen molar-refractivity contribution in [3.05, 3.63) is 0 Å². The van der Waals surface area contributed by atoms with Gasteiger partial charge >= 0.3 is 17.9 Å². The number of carbonyl (C=O) groups is 3. The highest BCUT2D eigenvalue weighted by atomic mass is 16.8. The van der Waals surface area contributed by atoms with Gasteiger partial charge in [0.05, 0.1) is 51.3 Å². The van der Waals surface area contributed by atoms with E-state index in [1.165, 1.54) is 0 Å². The van der Waals surface area contributed by atoms with Crippen molar-refractivity contribution in [2.45, 2.75) is 183 Å². The summed E-state index contributed by atoms with van der Waals surface area (Å²) in [5.41, 5.74) is 0. The Labute approximate surface area is 403 Å². The largest absolute Gasteiger partial charge is 0.477 e. The van der Waals surface area contributed by atoms with Gasteiger partial charge in [-0.1, -0.05) is 0 Å². The van der Waals surface area contributed by atoms with Crippen molar-refractivity contribution < 1.29 is 169 Å². The minimum absolute atomic E-state index is 1.10. The van der Waals surface area contributed by atoms with Gasteiger partial charge in [0.15, 0.2) is 12.6 Å². The van der Waals surface area contributed by atoms with Crippen LogP contribution in [0, 0.1) is 0 Å². The SMILES string of the molecule is O=C(O)[C@@]1(O[C@@H]2C[C@](O[C@@H]3C[C@](O)(C(=O)O)O[C@H]([C@H](O)CO)[C@@H]3O[C@H]3O[C@H]([C@@H](O)CO)[C@@H](O)[C@H](O[C@H]4O[C@H]([C@@H](O)CO)[C@@H](O)[C@H](O)[C@@H]4O)[C@@H]3O)(C(=O)O)O[C@H]([C@H](O)CO)[C@@H]2O)C[C@@H](O)[C@@H](O)[C@@H]([C@H](O)CO)O1. The van der Waals surface area contributed by atoms with Gasteiger partial charge in [-0.3, -0.25) is 0 Å². The Morgan fingerprint density at radius 1 is 0.444 bits per heavy atom. The van der Waals surface area contributed by atoms with E-state index in [-0.39, 0.29) is 0 Å². The molecule has 5 saturated heterocycles. The monoisotopic (exact) mass is 1060 g/mol. The number of carboxylic acids is 3. The highest BCUT2D eigenvalue weighted by Crippen LogP contribution is 2.44. The lowest BCUT2D eigenvalue weighted by Crippen LogP contribution is -2.71. The first-order valence-corrected chi connectivity index (χ1v) is 21.9. The van der Waals surface area contributed by atoms with E-state index >= 15 is 0 Å². The molecule has 0 amide bonds. The summed E-state index contributed by atoms with van der Waals surface area (Å²) in [5.74, 6) is -17.4. The Balaban J connectivity index is 1.60. The van der Waals surface area contributed by atoms with Crippen LogP contribution in [0.5, 0.6) is 0 Å². The van der Waals surface area contributed by atoms with Crippen LogP contribution < -0.4 is 0 Å². The van der Waals surface area contributed by atoms with E-state index < -0.39 is 234 Å². The highest BCUT2D eigenvalue weighted by Gasteiger charge is 2.65. The third kappa shape index (κ3) is 12.0. The smallest absolute Gasteiger partial charge is 0.364 e. The topological polar surface area (TPSA) is 579 Å². The summed E-state index contributed by atoms with van der Waals surface area (Å²) < 4.78 is 49.9. The standard InChI is InChI=1S/C38H62O34/c39-4-10(45)24-20(53)19(52)21(54)31(64-24)67-30-22(55)25(11(46)5-40)65-32(23(30)56)66-29-16(2-36(63,33(57)58)70-28(29)14(49)8-43)69-38(35(61)62)3-15(18(51)27(72-38)13(48)7-42)68-37(34(59)60)1-9(44)17(50)26(71-37)12(47)6-41/h9-32,39-56,63H,1-8H2,(H,57,58)(H,59,60)(H,61,62)/t9-,10+,11+,12-,13-,14-,15-,16-,17-,18-,19+,20+,21+,22-,23+,24-,25-,26-,27-,28-,29-,30+,31-,32-,36-,37-,38-/m1/s1. The molecule has 418 valence electrons. The van der Waals surface area contributed by atoms with Crippen LogP contribution >= 0.6 is 0 Å². The van der Waals surface area contributed by atoms with Crippen molar-refractivity contribution in [1.29, 1.82) is 0 Å². The lowest BCUT2D eigenvalue weighted by atomic mass is 9.88. The molecule has 0 aromatic heterocycles. The molecule has 0 aliphatic carbocycles. The molecule has 0 saturated carbocycles. The molecule has 72 heavy (non-hydrogen) atoms. The summed E-state index contributed by atoms with van der Waals surface area (Å²) >= 11 is 0. The molecule has 0 unspecified atom stereocenters. The molecule has 0 radical (unpaired) electrons. The Kier molecular flexibility index (Phi) is 20.1. The van der Waals surface area contributed by atoms with Gasteiger partial charge in [-0.2, -0.15) is 0 Å². The van der Waals surface area contributed by atoms with Crippen molar-refractivity contribution in [2.75, 3.05) is 33.0 Å². The lowest BCUT2D eigenvalue weighted by Gasteiger charge is -2.52. The second kappa shape index (κ2) is 24.1. The van der Waals surface area contributed by atoms with E-state index in [2.05, 4.69) is 0 Å². The zero-order chi connectivity index (χ0) is 54.1. The molecule has 5 heterocycles. The number of rotatable bonds is 21. The lowest BCUT2D eigenvalue weighted by molar-refractivity contribution is -0.408. The maximum Gasteiger partial charge on any atom is 0.364 e. The first-order valence-electron chi connectivity index (χ1n) is 21.9. The van der Waals surface area contributed by atoms with Crippen molar-refractivity contribution in [1.82, 2.24) is 0 Å². The number of aliphatic carboxylic acids is 3. The van der Waals surface area contributed by atoms with Gasteiger partial charge < -0.3 is 155 Å². The van der Waals surface area contributed by atoms with E-state index in [0.29, 0.717) is 0 Å². The molecule has 5 aliphatic rings. The van der Waals surface area contributed by atoms with Gasteiger partial charge in [0.25, 0.3) is 17.4 Å². The molecule has 0 spiro atoms. The van der Waals surface area contributed by atoms with Gasteiger partial charge in [-0.05, 0) is 0 Å². The zero-order valence-corrected chi connectivity index (χ0v) is 37.3. The fourth-order valence-electron chi connectivity index (χ4n) is 8.86. The van der Waals surface area contributed by atoms with Gasteiger partial charge in [0.1, 0.15) is 116 Å². The van der Waals surface area contributed by atoms with Crippen molar-refractivity contribution in [3.63, 3.8) is 0 Å². The third-order valence-corrected chi connectivity index (χ3v) is 12.8. The molecular weight excluding hydrogens is 1000 g/mol. The molecule has 5 aliphatic heterocycles. The van der Waals surface area contributed by atoms with E-state index in [9.17, 15) is 127 Å². The number of aliphatic hydroxyl groups excluding tert-OH is 18. The summed E-state index contributed by atoms with van der Waals surface area (Å²) in [6.45, 7) is -6.38. The Hall–Kier alpha value is -2.71. The average molecular weight is 1060 g/mol. The van der Waals surface area contributed by atoms with Crippen LogP contribution in [0.2, 0.25) is 0 Å². The minimum Gasteiger partial charge on any atom is -0.477 e. The predicted octanol–water partition coefficient (Wildman–Crippen LogP) is -13.7. The zero-order valence-electron chi connectivity index (χ0n) is 37.3. The number of carboxylic acid groups (broad SMARTS) is 3. The van der Waals surface area contributed by atoms with Gasteiger partial charge in [-0.15, -0.1) is 0 Å². The highest BCUT2D eigenvalue weighted by molar-refractivity contribution is 5.77. The first kappa shape index (κ1) is 60.2. The Morgan fingerprint density at radius 3 is 1.35 bits per heavy atom. The number of hydrogen-bond donors (Lipinski definition) is 22. The molecule has 22 N–H and O–H groups in total. The van der Waals surface area contributed by atoms with E-state index in [4.69, 9.17) is 42.6 Å². The van der Waals surface area contributed by atoms with Crippen molar-refractivity contribution in [3.8, 4) is 0 Å². The first-order chi connectivity index (χ1) is 33.6. The summed E-state index contributed by atoms with van der Waals surface area (Å²) in [5, 5.41) is 232. The van der Waals surface area contributed by atoms with E-state index in [1.54, 1.807) is 0 Å². The second-order valence-electron chi connectivity index (χ2n) is 17.8. The van der Waals surface area contributed by atoms with Crippen LogP contribution in [-0.2, 0) is 57.0 Å². The van der Waals surface area contributed by atoms with Gasteiger partial charge in [-0.25, -0.2) is 14.4 Å². The number of ether oxygens (including phenoxy) is 9. The maximum absolute atomic E-state index is 13.5. The molecule has 5 fully saturated rings. The molecule has 0 aromatic rings. The second-order valence-corrected chi connectivity index (χ2v) is 17.8. The summed E-state index contributed by atoms with van der Waals surface area (Å²) in [6, 6.07) is 0. The molecule has 27 atom stereocenters. The molecule has 34 heteroatoms. The fourth-order valence-corrected chi connectivity index (χ4v) is 8.86. The minimum atomic E-state index is -3.61. The van der Waals surface area contributed by atoms with Crippen LogP contribution in [0.15, 0.2) is 0 Å². The van der Waals surface area contributed by atoms with Gasteiger partial charge in [0.2, 0.25) is 0 Å². The van der Waals surface area contributed by atoms with Crippen molar-refractivity contribution in [2.24, 2.45) is 0 Å². The van der Waals surface area contributed by atoms with Crippen LogP contribution in [-0.4, -0.2) is 328 Å². The fraction of sp³-hybridized carbons (Fsp3) is 0.921. The maximum atomic E-state index is 13.5. The van der Waals surface area contributed by atoms with Gasteiger partial charge in [0, 0.05) is 19.3 Å². The Bertz CT molecular complexity index is 1800. The number of hydrogen-bond acceptors (Lipinski definition) is 31. The van der Waals surface area contributed by atoms with Crippen LogP contribution in [0.25, 0.3) is 0 Å².